The SMILES string of the molecule is CC(C)C1c2ccncc2NC1C. The monoisotopic (exact) mass is 176 g/mol. The minimum atomic E-state index is 0.541. The van der Waals surface area contributed by atoms with Crippen molar-refractivity contribution in [3.05, 3.63) is 24.0 Å². The molecule has 1 aromatic heterocycles. The Hall–Kier alpha value is -1.05. The van der Waals surface area contributed by atoms with Crippen LogP contribution in [0.5, 0.6) is 0 Å². The highest BCUT2D eigenvalue weighted by molar-refractivity contribution is 5.57. The highest BCUT2D eigenvalue weighted by Gasteiger charge is 2.30. The fourth-order valence-electron chi connectivity index (χ4n) is 2.36. The molecule has 0 aromatic carbocycles. The molecule has 2 atom stereocenters. The van der Waals surface area contributed by atoms with E-state index in [-0.39, 0.29) is 0 Å². The Labute approximate surface area is 79.4 Å². The van der Waals surface area contributed by atoms with E-state index >= 15 is 0 Å². The first kappa shape index (κ1) is 8.54. The van der Waals surface area contributed by atoms with Crippen LogP contribution < -0.4 is 5.32 Å². The molecule has 1 aromatic rings. The van der Waals surface area contributed by atoms with Gasteiger partial charge in [0.05, 0.1) is 11.9 Å². The Morgan fingerprint density at radius 3 is 2.92 bits per heavy atom. The second-order valence-corrected chi connectivity index (χ2v) is 4.17. The summed E-state index contributed by atoms with van der Waals surface area (Å²) in [5, 5.41) is 3.47. The predicted molar refractivity (Wildman–Crippen MR) is 54.9 cm³/mol. The molecule has 2 nitrogen and oxygen atoms in total. The van der Waals surface area contributed by atoms with Crippen LogP contribution in [0.3, 0.4) is 0 Å². The van der Waals surface area contributed by atoms with Crippen molar-refractivity contribution in [2.75, 3.05) is 5.32 Å². The minimum Gasteiger partial charge on any atom is -0.380 e. The number of aromatic nitrogens is 1. The van der Waals surface area contributed by atoms with Crippen LogP contribution in [0.2, 0.25) is 0 Å². The van der Waals surface area contributed by atoms with Crippen LogP contribution in [0.4, 0.5) is 5.69 Å². The molecule has 0 radical (unpaired) electrons. The average molecular weight is 176 g/mol. The summed E-state index contributed by atoms with van der Waals surface area (Å²) in [5.41, 5.74) is 2.64. The molecule has 2 unspecified atom stereocenters. The van der Waals surface area contributed by atoms with Crippen LogP contribution in [0.25, 0.3) is 0 Å². The number of rotatable bonds is 1. The molecule has 0 aliphatic carbocycles. The van der Waals surface area contributed by atoms with Crippen LogP contribution in [0.15, 0.2) is 18.5 Å². The molecule has 70 valence electrons. The fraction of sp³-hybridized carbons (Fsp3) is 0.545. The van der Waals surface area contributed by atoms with Crippen LogP contribution in [-0.4, -0.2) is 11.0 Å². The van der Waals surface area contributed by atoms with E-state index in [4.69, 9.17) is 0 Å². The molecule has 0 spiro atoms. The van der Waals surface area contributed by atoms with Crippen molar-refractivity contribution in [3.8, 4) is 0 Å². The third kappa shape index (κ3) is 1.30. The molecular formula is C11H16N2. The van der Waals surface area contributed by atoms with Crippen molar-refractivity contribution in [2.45, 2.75) is 32.7 Å². The molecule has 1 aliphatic heterocycles. The molecule has 0 saturated carbocycles. The predicted octanol–water partition coefficient (Wildman–Crippen LogP) is 2.64. The van der Waals surface area contributed by atoms with E-state index in [1.54, 1.807) is 0 Å². The van der Waals surface area contributed by atoms with Crippen LogP contribution >= 0.6 is 0 Å². The molecule has 0 amide bonds. The molecule has 1 N–H and O–H groups in total. The summed E-state index contributed by atoms with van der Waals surface area (Å²) in [4.78, 5) is 4.12. The van der Waals surface area contributed by atoms with Gasteiger partial charge in [-0.15, -0.1) is 0 Å². The smallest absolute Gasteiger partial charge is 0.0565 e. The highest BCUT2D eigenvalue weighted by Crippen LogP contribution is 2.39. The Balaban J connectivity index is 2.40. The zero-order valence-corrected chi connectivity index (χ0v) is 8.41. The topological polar surface area (TPSA) is 24.9 Å². The average Bonchev–Trinajstić information content (AvgIpc) is 2.39. The van der Waals surface area contributed by atoms with Gasteiger partial charge >= 0.3 is 0 Å². The van der Waals surface area contributed by atoms with Crippen LogP contribution in [-0.2, 0) is 0 Å². The van der Waals surface area contributed by atoms with Crippen molar-refractivity contribution < 1.29 is 0 Å². The summed E-state index contributed by atoms with van der Waals surface area (Å²) >= 11 is 0. The maximum absolute atomic E-state index is 4.12. The van der Waals surface area contributed by atoms with E-state index in [0.29, 0.717) is 17.9 Å². The molecule has 2 rings (SSSR count). The molecule has 2 heterocycles. The summed E-state index contributed by atoms with van der Waals surface area (Å²) in [5.74, 6) is 1.32. The number of anilines is 1. The first-order chi connectivity index (χ1) is 6.20. The second kappa shape index (κ2) is 3.02. The Morgan fingerprint density at radius 1 is 1.46 bits per heavy atom. The zero-order valence-electron chi connectivity index (χ0n) is 8.41. The lowest BCUT2D eigenvalue weighted by Crippen LogP contribution is -2.20. The highest BCUT2D eigenvalue weighted by atomic mass is 15.0. The number of nitrogens with one attached hydrogen (secondary N) is 1. The lowest BCUT2D eigenvalue weighted by atomic mass is 9.86. The molecular weight excluding hydrogens is 160 g/mol. The summed E-state index contributed by atoms with van der Waals surface area (Å²) in [7, 11) is 0. The lowest BCUT2D eigenvalue weighted by Gasteiger charge is -2.19. The van der Waals surface area contributed by atoms with E-state index in [1.807, 2.05) is 12.4 Å². The van der Waals surface area contributed by atoms with Crippen molar-refractivity contribution in [1.29, 1.82) is 0 Å². The third-order valence-electron chi connectivity index (χ3n) is 2.85. The van der Waals surface area contributed by atoms with E-state index in [0.717, 1.165) is 0 Å². The summed E-state index contributed by atoms with van der Waals surface area (Å²) in [6.07, 6.45) is 3.81. The largest absolute Gasteiger partial charge is 0.380 e. The van der Waals surface area contributed by atoms with E-state index < -0.39 is 0 Å². The second-order valence-electron chi connectivity index (χ2n) is 4.17. The molecule has 1 aliphatic rings. The summed E-state index contributed by atoms with van der Waals surface area (Å²) in [6, 6.07) is 2.68. The standard InChI is InChI=1S/C11H16N2/c1-7(2)11-8(3)13-10-6-12-5-4-9(10)11/h4-8,11,13H,1-3H3. The van der Waals surface area contributed by atoms with E-state index in [9.17, 15) is 0 Å². The van der Waals surface area contributed by atoms with E-state index in [2.05, 4.69) is 37.1 Å². The molecule has 0 fully saturated rings. The fourth-order valence-corrected chi connectivity index (χ4v) is 2.36. The van der Waals surface area contributed by atoms with Gasteiger partial charge in [-0.2, -0.15) is 0 Å². The van der Waals surface area contributed by atoms with Crippen LogP contribution in [0.1, 0.15) is 32.3 Å². The van der Waals surface area contributed by atoms with Crippen molar-refractivity contribution in [3.63, 3.8) is 0 Å². The first-order valence-corrected chi connectivity index (χ1v) is 4.90. The molecule has 13 heavy (non-hydrogen) atoms. The summed E-state index contributed by atoms with van der Waals surface area (Å²) in [6.45, 7) is 6.79. The van der Waals surface area contributed by atoms with Gasteiger partial charge in [-0.1, -0.05) is 13.8 Å². The van der Waals surface area contributed by atoms with Gasteiger partial charge in [0.25, 0.3) is 0 Å². The van der Waals surface area contributed by atoms with Gasteiger partial charge in [-0.3, -0.25) is 4.98 Å². The summed E-state index contributed by atoms with van der Waals surface area (Å²) < 4.78 is 0. The molecule has 0 bridgehead atoms. The quantitative estimate of drug-likeness (QED) is 0.711. The maximum atomic E-state index is 4.12. The zero-order chi connectivity index (χ0) is 9.42. The number of hydrogen-bond donors (Lipinski definition) is 1. The van der Waals surface area contributed by atoms with Gasteiger partial charge in [0.1, 0.15) is 0 Å². The van der Waals surface area contributed by atoms with Crippen molar-refractivity contribution in [2.24, 2.45) is 5.92 Å². The van der Waals surface area contributed by atoms with Gasteiger partial charge in [0.15, 0.2) is 0 Å². The maximum Gasteiger partial charge on any atom is 0.0565 e. The number of pyridine rings is 1. The minimum absolute atomic E-state index is 0.541. The first-order valence-electron chi connectivity index (χ1n) is 4.90. The van der Waals surface area contributed by atoms with Gasteiger partial charge in [-0.25, -0.2) is 0 Å². The third-order valence-corrected chi connectivity index (χ3v) is 2.85. The lowest BCUT2D eigenvalue weighted by molar-refractivity contribution is 0.472. The molecule has 0 saturated heterocycles. The normalized spacial score (nSPS) is 25.8. The van der Waals surface area contributed by atoms with Gasteiger partial charge in [0.2, 0.25) is 0 Å². The number of nitrogens with zero attached hydrogens (tertiary/aromatic N) is 1. The van der Waals surface area contributed by atoms with Crippen molar-refractivity contribution in [1.82, 2.24) is 4.98 Å². The van der Waals surface area contributed by atoms with Gasteiger partial charge in [-0.05, 0) is 24.5 Å². The Kier molecular flexibility index (Phi) is 1.98. The number of fused-ring (bicyclic) bond motifs is 1. The van der Waals surface area contributed by atoms with Gasteiger partial charge < -0.3 is 5.32 Å². The molecule has 2 heteroatoms. The van der Waals surface area contributed by atoms with Crippen molar-refractivity contribution >= 4 is 5.69 Å². The number of hydrogen-bond acceptors (Lipinski definition) is 2. The Bertz CT molecular complexity index is 307. The van der Waals surface area contributed by atoms with E-state index in [1.165, 1.54) is 11.3 Å². The van der Waals surface area contributed by atoms with Crippen LogP contribution in [0, 0.1) is 5.92 Å². The Morgan fingerprint density at radius 2 is 2.23 bits per heavy atom. The van der Waals surface area contributed by atoms with Gasteiger partial charge in [0, 0.05) is 18.2 Å².